The molecule has 234 valence electrons. The Bertz CT molecular complexity index is 1640. The standard InChI is InChI=1S/C35H41N7O3/c1-5-32(43)42-17-16-41(23-27(42)12-14-36)34-28-13-15-40(31-11-7-10-26-9-6-8-25(2)33(26)31)24-30(28)38-35(29(34)22-37)45-21-19-39(3)18-20-44-4/h5-11,27H,1,12-13,15-21,23-24H2,2-4H3. The van der Waals surface area contributed by atoms with Crippen molar-refractivity contribution in [2.45, 2.75) is 32.4 Å². The summed E-state index contributed by atoms with van der Waals surface area (Å²) < 4.78 is 11.5. The van der Waals surface area contributed by atoms with Crippen molar-refractivity contribution in [2.75, 3.05) is 76.4 Å². The van der Waals surface area contributed by atoms with Gasteiger partial charge in [0.1, 0.15) is 18.2 Å². The van der Waals surface area contributed by atoms with Crippen LogP contribution in [0, 0.1) is 29.6 Å². The van der Waals surface area contributed by atoms with E-state index in [0.717, 1.165) is 35.7 Å². The second-order valence-electron chi connectivity index (χ2n) is 11.6. The predicted molar refractivity (Wildman–Crippen MR) is 175 cm³/mol. The van der Waals surface area contributed by atoms with Gasteiger partial charge in [-0.2, -0.15) is 10.5 Å². The molecule has 1 amide bonds. The van der Waals surface area contributed by atoms with Gasteiger partial charge in [0.15, 0.2) is 0 Å². The number of carbonyl (C=O) groups excluding carboxylic acids is 1. The number of nitrogens with zero attached hydrogens (tertiary/aromatic N) is 7. The van der Waals surface area contributed by atoms with Gasteiger partial charge < -0.3 is 29.1 Å². The number of methoxy groups -OCH3 is 1. The van der Waals surface area contributed by atoms with Gasteiger partial charge >= 0.3 is 0 Å². The fourth-order valence-electron chi connectivity index (χ4n) is 6.47. The molecule has 1 saturated heterocycles. The summed E-state index contributed by atoms with van der Waals surface area (Å²) in [7, 11) is 3.68. The molecule has 0 saturated carbocycles. The van der Waals surface area contributed by atoms with Crippen molar-refractivity contribution in [3.63, 3.8) is 0 Å². The Labute approximate surface area is 265 Å². The minimum absolute atomic E-state index is 0.185. The van der Waals surface area contributed by atoms with E-state index < -0.39 is 0 Å². The molecule has 1 atom stereocenters. The number of nitriles is 2. The number of rotatable bonds is 11. The molecule has 3 aromatic rings. The van der Waals surface area contributed by atoms with E-state index in [1.807, 2.05) is 7.05 Å². The minimum atomic E-state index is -0.317. The molecule has 1 aromatic heterocycles. The van der Waals surface area contributed by atoms with E-state index in [4.69, 9.17) is 14.5 Å². The maximum atomic E-state index is 12.6. The van der Waals surface area contributed by atoms with E-state index in [-0.39, 0.29) is 18.4 Å². The van der Waals surface area contributed by atoms with Crippen molar-refractivity contribution in [1.82, 2.24) is 14.8 Å². The van der Waals surface area contributed by atoms with Gasteiger partial charge in [-0.05, 0) is 43.5 Å². The molecule has 2 aliphatic rings. The highest BCUT2D eigenvalue weighted by Gasteiger charge is 2.35. The number of likely N-dealkylation sites (N-methyl/N-ethyl adjacent to an activating group) is 1. The summed E-state index contributed by atoms with van der Waals surface area (Å²) in [6.45, 7) is 10.9. The molecule has 0 bridgehead atoms. The number of ether oxygens (including phenoxy) is 2. The summed E-state index contributed by atoms with van der Waals surface area (Å²) in [5.41, 5.74) is 5.51. The Morgan fingerprint density at radius 3 is 2.64 bits per heavy atom. The lowest BCUT2D eigenvalue weighted by Crippen LogP contribution is -2.55. The van der Waals surface area contributed by atoms with Crippen LogP contribution < -0.4 is 14.5 Å². The Balaban J connectivity index is 1.53. The number of aromatic nitrogens is 1. The lowest BCUT2D eigenvalue weighted by Gasteiger charge is -2.43. The van der Waals surface area contributed by atoms with Gasteiger partial charge in [-0.3, -0.25) is 4.79 Å². The summed E-state index contributed by atoms with van der Waals surface area (Å²) >= 11 is 0. The van der Waals surface area contributed by atoms with Crippen LogP contribution in [0.25, 0.3) is 10.8 Å². The number of hydrogen-bond acceptors (Lipinski definition) is 9. The zero-order valence-corrected chi connectivity index (χ0v) is 26.5. The van der Waals surface area contributed by atoms with Crippen LogP contribution in [0.15, 0.2) is 49.1 Å². The molecule has 2 aromatic carbocycles. The third-order valence-electron chi connectivity index (χ3n) is 8.81. The summed E-state index contributed by atoms with van der Waals surface area (Å²) in [4.78, 5) is 26.0. The van der Waals surface area contributed by atoms with Gasteiger partial charge in [-0.1, -0.05) is 36.9 Å². The number of fused-ring (bicyclic) bond motifs is 2. The quantitative estimate of drug-likeness (QED) is 0.298. The van der Waals surface area contributed by atoms with Gasteiger partial charge in [0.25, 0.3) is 0 Å². The van der Waals surface area contributed by atoms with Crippen LogP contribution in [0.2, 0.25) is 0 Å². The van der Waals surface area contributed by atoms with Crippen LogP contribution in [-0.4, -0.2) is 93.4 Å². The first kappa shape index (κ1) is 31.8. The number of amides is 1. The van der Waals surface area contributed by atoms with Crippen LogP contribution in [-0.2, 0) is 22.5 Å². The van der Waals surface area contributed by atoms with E-state index in [0.29, 0.717) is 63.8 Å². The van der Waals surface area contributed by atoms with Gasteiger partial charge in [0.05, 0.1) is 43.1 Å². The Hall–Kier alpha value is -4.64. The van der Waals surface area contributed by atoms with Crippen LogP contribution in [0.5, 0.6) is 5.88 Å². The molecule has 0 spiro atoms. The lowest BCUT2D eigenvalue weighted by atomic mass is 9.95. The highest BCUT2D eigenvalue weighted by atomic mass is 16.5. The van der Waals surface area contributed by atoms with E-state index in [9.17, 15) is 15.3 Å². The molecule has 10 heteroatoms. The molecule has 0 N–H and O–H groups in total. The molecular formula is C35H41N7O3. The summed E-state index contributed by atoms with van der Waals surface area (Å²) in [6.07, 6.45) is 2.19. The Morgan fingerprint density at radius 2 is 1.91 bits per heavy atom. The second kappa shape index (κ2) is 14.4. The third kappa shape index (κ3) is 6.73. The van der Waals surface area contributed by atoms with Gasteiger partial charge in [0, 0.05) is 63.0 Å². The van der Waals surface area contributed by atoms with Crippen molar-refractivity contribution >= 4 is 28.1 Å². The van der Waals surface area contributed by atoms with Gasteiger partial charge in [-0.15, -0.1) is 0 Å². The number of carbonyl (C=O) groups is 1. The fourth-order valence-corrected chi connectivity index (χ4v) is 6.47. The average Bonchev–Trinajstić information content (AvgIpc) is 3.06. The largest absolute Gasteiger partial charge is 0.475 e. The topological polar surface area (TPSA) is 109 Å². The monoisotopic (exact) mass is 607 g/mol. The lowest BCUT2D eigenvalue weighted by molar-refractivity contribution is -0.128. The molecular weight excluding hydrogens is 566 g/mol. The van der Waals surface area contributed by atoms with E-state index in [1.165, 1.54) is 22.4 Å². The highest BCUT2D eigenvalue weighted by molar-refractivity contribution is 5.97. The molecule has 3 heterocycles. The summed E-state index contributed by atoms with van der Waals surface area (Å²) in [5.74, 6) is 0.138. The molecule has 0 radical (unpaired) electrons. The van der Waals surface area contributed by atoms with Crippen molar-refractivity contribution in [2.24, 2.45) is 0 Å². The number of aryl methyl sites for hydroxylation is 1. The fraction of sp³-hybridized carbons (Fsp3) is 0.429. The van der Waals surface area contributed by atoms with Crippen molar-refractivity contribution in [1.29, 1.82) is 10.5 Å². The van der Waals surface area contributed by atoms with Crippen molar-refractivity contribution < 1.29 is 14.3 Å². The Kier molecular flexibility index (Phi) is 10.2. The maximum Gasteiger partial charge on any atom is 0.246 e. The molecule has 0 aliphatic carbocycles. The summed E-state index contributed by atoms with van der Waals surface area (Å²) in [5, 5.41) is 22.5. The van der Waals surface area contributed by atoms with Gasteiger partial charge in [-0.25, -0.2) is 4.98 Å². The number of anilines is 2. The van der Waals surface area contributed by atoms with E-state index in [1.54, 1.807) is 12.0 Å². The molecule has 2 aliphatic heterocycles. The van der Waals surface area contributed by atoms with Crippen molar-refractivity contribution in [3.8, 4) is 18.0 Å². The zero-order chi connectivity index (χ0) is 31.9. The Morgan fingerprint density at radius 1 is 1.13 bits per heavy atom. The van der Waals surface area contributed by atoms with Crippen LogP contribution in [0.4, 0.5) is 11.4 Å². The number of hydrogen-bond donors (Lipinski definition) is 0. The number of piperazine rings is 1. The van der Waals surface area contributed by atoms with Crippen molar-refractivity contribution in [3.05, 3.63) is 71.4 Å². The third-order valence-corrected chi connectivity index (χ3v) is 8.81. The van der Waals surface area contributed by atoms with Crippen LogP contribution >= 0.6 is 0 Å². The predicted octanol–water partition coefficient (Wildman–Crippen LogP) is 4.05. The molecule has 1 unspecified atom stereocenters. The van der Waals surface area contributed by atoms with Gasteiger partial charge in [0.2, 0.25) is 11.8 Å². The highest BCUT2D eigenvalue weighted by Crippen LogP contribution is 2.40. The van der Waals surface area contributed by atoms with Crippen LogP contribution in [0.1, 0.15) is 28.8 Å². The number of pyridine rings is 1. The molecule has 45 heavy (non-hydrogen) atoms. The minimum Gasteiger partial charge on any atom is -0.475 e. The van der Waals surface area contributed by atoms with E-state index in [2.05, 4.69) is 76.7 Å². The van der Waals surface area contributed by atoms with E-state index >= 15 is 0 Å². The maximum absolute atomic E-state index is 12.6. The average molecular weight is 608 g/mol. The molecule has 1 fully saturated rings. The van der Waals surface area contributed by atoms with Crippen LogP contribution in [0.3, 0.4) is 0 Å². The summed E-state index contributed by atoms with van der Waals surface area (Å²) in [6, 6.07) is 17.1. The molecule has 10 nitrogen and oxygen atoms in total. The smallest absolute Gasteiger partial charge is 0.246 e. The first-order valence-corrected chi connectivity index (χ1v) is 15.4. The SMILES string of the molecule is C=CC(=O)N1CCN(c2c(C#N)c(OCCN(C)CCOC)nc3c2CCN(c2cccc4cccc(C)c24)C3)CC1CC#N. The first-order chi connectivity index (χ1) is 21.9. The molecule has 5 rings (SSSR count). The zero-order valence-electron chi connectivity index (χ0n) is 26.5. The normalized spacial score (nSPS) is 16.3. The second-order valence-corrected chi connectivity index (χ2v) is 11.6. The number of benzene rings is 2. The first-order valence-electron chi connectivity index (χ1n) is 15.4.